The number of fused-ring (bicyclic) bond motifs is 2. The minimum Gasteiger partial charge on any atom is -0.497 e. The van der Waals surface area contributed by atoms with E-state index >= 15 is 0 Å². The van der Waals surface area contributed by atoms with E-state index in [1.807, 2.05) is 61.1 Å². The van der Waals surface area contributed by atoms with Crippen molar-refractivity contribution in [2.75, 3.05) is 7.11 Å². The van der Waals surface area contributed by atoms with Gasteiger partial charge in [0.2, 0.25) is 0 Å². The van der Waals surface area contributed by atoms with E-state index in [4.69, 9.17) is 4.74 Å². The van der Waals surface area contributed by atoms with Crippen LogP contribution in [0.4, 0.5) is 4.79 Å². The zero-order valence-corrected chi connectivity index (χ0v) is 20.6. The molecular formula is C28H25N5O4. The lowest BCUT2D eigenvalue weighted by atomic mass is 9.88. The molecule has 0 saturated carbocycles. The third-order valence-electron chi connectivity index (χ3n) is 7.16. The highest BCUT2D eigenvalue weighted by Crippen LogP contribution is 2.36. The highest BCUT2D eigenvalue weighted by molar-refractivity contribution is 6.07. The second-order valence-corrected chi connectivity index (χ2v) is 9.37. The van der Waals surface area contributed by atoms with E-state index < -0.39 is 17.5 Å². The molecule has 186 valence electrons. The number of methoxy groups -OCH3 is 1. The van der Waals surface area contributed by atoms with Crippen LogP contribution < -0.4 is 15.4 Å². The molecule has 6 rings (SSSR count). The Morgan fingerprint density at radius 3 is 2.46 bits per heavy atom. The predicted octanol–water partition coefficient (Wildman–Crippen LogP) is 3.95. The number of amides is 3. The van der Waals surface area contributed by atoms with Crippen molar-refractivity contribution in [1.82, 2.24) is 25.0 Å². The Kier molecular flexibility index (Phi) is 4.98. The van der Waals surface area contributed by atoms with Crippen molar-refractivity contribution in [2.45, 2.75) is 19.0 Å². The topological polar surface area (TPSA) is 110 Å². The van der Waals surface area contributed by atoms with Gasteiger partial charge in [0.1, 0.15) is 5.75 Å². The highest BCUT2D eigenvalue weighted by atomic mass is 16.5. The van der Waals surface area contributed by atoms with Crippen molar-refractivity contribution in [3.8, 4) is 22.8 Å². The van der Waals surface area contributed by atoms with Crippen molar-refractivity contribution in [2.24, 2.45) is 7.05 Å². The van der Waals surface area contributed by atoms with Crippen LogP contribution >= 0.6 is 0 Å². The lowest BCUT2D eigenvalue weighted by Gasteiger charge is -2.27. The number of hydrogen-bond acceptors (Lipinski definition) is 5. The minimum atomic E-state index is -1.39. The van der Waals surface area contributed by atoms with E-state index in [9.17, 15) is 14.7 Å². The lowest BCUT2D eigenvalue weighted by Crippen LogP contribution is -2.47. The maximum absolute atomic E-state index is 13.2. The number of carbonyl (C=O) groups is 2. The van der Waals surface area contributed by atoms with E-state index in [0.717, 1.165) is 33.1 Å². The van der Waals surface area contributed by atoms with Crippen LogP contribution in [-0.2, 0) is 23.9 Å². The smallest absolute Gasteiger partial charge is 0.322 e. The summed E-state index contributed by atoms with van der Waals surface area (Å²) in [6.07, 6.45) is 1.75. The van der Waals surface area contributed by atoms with Gasteiger partial charge < -0.3 is 19.7 Å². The average Bonchev–Trinajstić information content (AvgIpc) is 3.48. The molecule has 1 aliphatic rings. The van der Waals surface area contributed by atoms with Crippen LogP contribution in [0.1, 0.15) is 11.3 Å². The normalized spacial score (nSPS) is 17.4. The van der Waals surface area contributed by atoms with Crippen molar-refractivity contribution in [3.63, 3.8) is 0 Å². The molecule has 3 amide bonds. The van der Waals surface area contributed by atoms with Crippen LogP contribution in [0.3, 0.4) is 0 Å². The molecule has 9 heteroatoms. The number of ether oxygens (including phenoxy) is 1. The van der Waals surface area contributed by atoms with Gasteiger partial charge in [0.05, 0.1) is 24.9 Å². The number of aromatic nitrogens is 3. The molecule has 1 aliphatic heterocycles. The van der Waals surface area contributed by atoms with E-state index in [0.29, 0.717) is 16.7 Å². The fraction of sp³-hybridized carbons (Fsp3) is 0.179. The summed E-state index contributed by atoms with van der Waals surface area (Å²) in [5.74, 6) is 0.115. The Morgan fingerprint density at radius 2 is 1.76 bits per heavy atom. The Morgan fingerprint density at radius 1 is 1.00 bits per heavy atom. The Bertz CT molecular complexity index is 1720. The molecule has 3 aromatic carbocycles. The molecule has 5 aromatic rings. The van der Waals surface area contributed by atoms with E-state index in [1.165, 1.54) is 0 Å². The summed E-state index contributed by atoms with van der Waals surface area (Å²) in [5.41, 5.74) is 3.21. The average molecular weight is 496 g/mol. The highest BCUT2D eigenvalue weighted by Gasteiger charge is 2.48. The molecule has 0 spiro atoms. The van der Waals surface area contributed by atoms with E-state index in [2.05, 4.69) is 21.8 Å². The fourth-order valence-electron chi connectivity index (χ4n) is 5.19. The molecule has 3 heterocycles. The third kappa shape index (κ3) is 3.50. The molecule has 37 heavy (non-hydrogen) atoms. The first-order valence-corrected chi connectivity index (χ1v) is 11.8. The predicted molar refractivity (Wildman–Crippen MR) is 139 cm³/mol. The van der Waals surface area contributed by atoms with Gasteiger partial charge in [0, 0.05) is 29.4 Å². The lowest BCUT2D eigenvalue weighted by molar-refractivity contribution is -0.124. The second kappa shape index (κ2) is 8.12. The van der Waals surface area contributed by atoms with Crippen LogP contribution in [0.25, 0.3) is 32.8 Å². The molecule has 0 unspecified atom stereocenters. The van der Waals surface area contributed by atoms with Crippen molar-refractivity contribution in [3.05, 3.63) is 78.1 Å². The SMILES string of the molecule is COc1ccc2cn(C[C@@]3(c4ccc(-c5ccc6c(c5)c(C)nn6C)cc4)NC(=O)NC3=O)c(O)c2c1. The third-order valence-corrected chi connectivity index (χ3v) is 7.16. The number of hydrogen-bond donors (Lipinski definition) is 3. The number of aromatic hydroxyl groups is 1. The maximum Gasteiger partial charge on any atom is 0.322 e. The summed E-state index contributed by atoms with van der Waals surface area (Å²) in [6, 6.07) is 18.5. The quantitative estimate of drug-likeness (QED) is 0.320. The zero-order chi connectivity index (χ0) is 25.9. The number of urea groups is 1. The van der Waals surface area contributed by atoms with E-state index in [-0.39, 0.29) is 12.4 Å². The maximum atomic E-state index is 13.2. The van der Waals surface area contributed by atoms with Gasteiger partial charge in [-0.2, -0.15) is 5.10 Å². The van der Waals surface area contributed by atoms with Gasteiger partial charge in [-0.1, -0.05) is 30.3 Å². The minimum absolute atomic E-state index is 0.00753. The number of nitrogens with zero attached hydrogens (tertiary/aromatic N) is 3. The summed E-state index contributed by atoms with van der Waals surface area (Å²) >= 11 is 0. The van der Waals surface area contributed by atoms with Gasteiger partial charge in [-0.15, -0.1) is 0 Å². The summed E-state index contributed by atoms with van der Waals surface area (Å²) in [5, 5.41) is 23.1. The molecule has 9 nitrogen and oxygen atoms in total. The first-order chi connectivity index (χ1) is 17.8. The second-order valence-electron chi connectivity index (χ2n) is 9.37. The first-order valence-electron chi connectivity index (χ1n) is 11.8. The van der Waals surface area contributed by atoms with Gasteiger partial charge in [0.15, 0.2) is 11.4 Å². The van der Waals surface area contributed by atoms with Crippen LogP contribution in [0.15, 0.2) is 66.9 Å². The van der Waals surface area contributed by atoms with Gasteiger partial charge in [-0.05, 0) is 53.9 Å². The molecule has 2 aromatic heterocycles. The van der Waals surface area contributed by atoms with Gasteiger partial charge >= 0.3 is 6.03 Å². The molecular weight excluding hydrogens is 470 g/mol. The Balaban J connectivity index is 1.39. The number of aryl methyl sites for hydroxylation is 2. The largest absolute Gasteiger partial charge is 0.497 e. The molecule has 3 N–H and O–H groups in total. The first kappa shape index (κ1) is 22.7. The number of carbonyl (C=O) groups excluding carboxylic acids is 2. The van der Waals surface area contributed by atoms with Gasteiger partial charge in [-0.3, -0.25) is 14.8 Å². The molecule has 1 saturated heterocycles. The zero-order valence-electron chi connectivity index (χ0n) is 20.6. The molecule has 0 aliphatic carbocycles. The van der Waals surface area contributed by atoms with Gasteiger partial charge in [0.25, 0.3) is 5.91 Å². The van der Waals surface area contributed by atoms with E-state index in [1.54, 1.807) is 30.0 Å². The van der Waals surface area contributed by atoms with Crippen molar-refractivity contribution in [1.29, 1.82) is 0 Å². The standard InChI is InChI=1S/C28H25N5O4/c1-16-22-12-18(7-11-24(22)32(2)31-16)17-4-8-20(9-5-17)28(26(35)29-27(36)30-28)15-33-14-19-6-10-21(37-3)13-23(19)25(33)34/h4-14,34H,15H2,1-3H3,(H2,29,30,35,36)/t28-/m0/s1. The summed E-state index contributed by atoms with van der Waals surface area (Å²) < 4.78 is 8.70. The Hall–Kier alpha value is -4.79. The number of nitrogens with one attached hydrogen (secondary N) is 2. The van der Waals surface area contributed by atoms with Crippen LogP contribution in [-0.4, -0.2) is 38.5 Å². The van der Waals surface area contributed by atoms with Crippen LogP contribution in [0.5, 0.6) is 11.6 Å². The van der Waals surface area contributed by atoms with Crippen molar-refractivity contribution < 1.29 is 19.4 Å². The molecule has 0 bridgehead atoms. The van der Waals surface area contributed by atoms with Gasteiger partial charge in [-0.25, -0.2) is 4.79 Å². The molecule has 1 atom stereocenters. The fourth-order valence-corrected chi connectivity index (χ4v) is 5.19. The number of benzene rings is 3. The monoisotopic (exact) mass is 495 g/mol. The number of imide groups is 1. The molecule has 0 radical (unpaired) electrons. The Labute approximate surface area is 212 Å². The molecule has 1 fully saturated rings. The summed E-state index contributed by atoms with van der Waals surface area (Å²) in [7, 11) is 3.48. The van der Waals surface area contributed by atoms with Crippen molar-refractivity contribution >= 4 is 33.6 Å². The van der Waals surface area contributed by atoms with Crippen LogP contribution in [0, 0.1) is 6.92 Å². The summed E-state index contributed by atoms with van der Waals surface area (Å²) in [4.78, 5) is 25.4. The van der Waals surface area contributed by atoms with Crippen LogP contribution in [0.2, 0.25) is 0 Å². The number of rotatable bonds is 5. The summed E-state index contributed by atoms with van der Waals surface area (Å²) in [6.45, 7) is 1.99.